The Morgan fingerprint density at radius 3 is 1.55 bits per heavy atom. The molecule has 0 heterocycles. The highest BCUT2D eigenvalue weighted by Crippen LogP contribution is 1.98. The number of hydrogen-bond donors (Lipinski definition) is 0. The van der Waals surface area contributed by atoms with Gasteiger partial charge >= 0.3 is 0 Å². The van der Waals surface area contributed by atoms with E-state index < -0.39 is 0 Å². The predicted octanol–water partition coefficient (Wildman–Crippen LogP) is 2.33. The van der Waals surface area contributed by atoms with Crippen LogP contribution in [0.2, 0.25) is 0 Å². The molecule has 0 amide bonds. The first-order chi connectivity index (χ1) is 5.13. The van der Waals surface area contributed by atoms with Gasteiger partial charge in [-0.15, -0.1) is 0 Å². The summed E-state index contributed by atoms with van der Waals surface area (Å²) >= 11 is 0. The molecule has 0 aliphatic heterocycles. The van der Waals surface area contributed by atoms with Crippen LogP contribution in [0.25, 0.3) is 0 Å². The molecule has 0 aromatic rings. The smallest absolute Gasteiger partial charge is 0.292 e. The molecule has 0 fully saturated rings. The minimum Gasteiger partial charge on any atom is -0.341 e. The van der Waals surface area contributed by atoms with Gasteiger partial charge in [-0.05, 0) is 11.8 Å². The van der Waals surface area contributed by atoms with Crippen LogP contribution in [0.3, 0.4) is 0 Å². The number of ether oxygens (including phenoxy) is 2. The van der Waals surface area contributed by atoms with Crippen LogP contribution in [0.4, 0.5) is 0 Å². The summed E-state index contributed by atoms with van der Waals surface area (Å²) in [6.45, 7) is 12.2. The monoisotopic (exact) mass is 158 g/mol. The van der Waals surface area contributed by atoms with Crippen molar-refractivity contribution in [2.45, 2.75) is 27.7 Å². The predicted molar refractivity (Wildman–Crippen MR) is 44.8 cm³/mol. The van der Waals surface area contributed by atoms with Crippen LogP contribution in [0.15, 0.2) is 0 Å². The summed E-state index contributed by atoms with van der Waals surface area (Å²) in [7, 11) is 0. The molecule has 0 aliphatic rings. The Balaban J connectivity index is 2.91. The van der Waals surface area contributed by atoms with Gasteiger partial charge in [-0.3, -0.25) is 0 Å². The standard InChI is InChI=1S/C9H18O2/c1-8(2)5-10-7-11-6-9(3)4/h8-9H,5-6H2,1-4H3. The maximum Gasteiger partial charge on any atom is 0.292 e. The Hall–Kier alpha value is -0.0800. The van der Waals surface area contributed by atoms with Gasteiger partial charge in [0.25, 0.3) is 6.79 Å². The lowest BCUT2D eigenvalue weighted by molar-refractivity contribution is 0.00160. The van der Waals surface area contributed by atoms with Gasteiger partial charge in [-0.25, -0.2) is 0 Å². The zero-order valence-corrected chi connectivity index (χ0v) is 7.89. The van der Waals surface area contributed by atoms with Crippen molar-refractivity contribution in [1.29, 1.82) is 0 Å². The van der Waals surface area contributed by atoms with E-state index in [2.05, 4.69) is 34.5 Å². The molecule has 11 heavy (non-hydrogen) atoms. The second kappa shape index (κ2) is 6.62. The molecule has 0 N–H and O–H groups in total. The summed E-state index contributed by atoms with van der Waals surface area (Å²) in [5.41, 5.74) is 0. The van der Waals surface area contributed by atoms with Gasteiger partial charge in [0.05, 0.1) is 13.2 Å². The maximum absolute atomic E-state index is 4.97. The first-order valence-electron chi connectivity index (χ1n) is 4.11. The lowest BCUT2D eigenvalue weighted by Gasteiger charge is -2.06. The van der Waals surface area contributed by atoms with E-state index in [0.717, 1.165) is 0 Å². The third kappa shape index (κ3) is 9.92. The maximum atomic E-state index is 4.97. The van der Waals surface area contributed by atoms with Crippen LogP contribution < -0.4 is 0 Å². The van der Waals surface area contributed by atoms with Gasteiger partial charge < -0.3 is 9.47 Å². The third-order valence-corrected chi connectivity index (χ3v) is 0.951. The topological polar surface area (TPSA) is 18.5 Å². The molecule has 0 spiro atoms. The average Bonchev–Trinajstić information content (AvgIpc) is 1.85. The lowest BCUT2D eigenvalue weighted by Crippen LogP contribution is -2.05. The van der Waals surface area contributed by atoms with Gasteiger partial charge in [-0.1, -0.05) is 27.7 Å². The summed E-state index contributed by atoms with van der Waals surface area (Å²) in [6, 6.07) is 0. The van der Waals surface area contributed by atoms with E-state index in [1.807, 2.05) is 0 Å². The zero-order chi connectivity index (χ0) is 8.69. The van der Waals surface area contributed by atoms with Gasteiger partial charge in [0, 0.05) is 0 Å². The molecule has 0 aromatic heterocycles. The van der Waals surface area contributed by atoms with E-state index in [4.69, 9.17) is 9.47 Å². The van der Waals surface area contributed by atoms with E-state index in [9.17, 15) is 0 Å². The molecule has 0 aliphatic carbocycles. The fourth-order valence-electron chi connectivity index (χ4n) is 0.443. The SMILES string of the molecule is CC(C)CO[C]OCC(C)C. The minimum atomic E-state index is 0.533. The van der Waals surface area contributed by atoms with E-state index in [-0.39, 0.29) is 0 Å². The fourth-order valence-corrected chi connectivity index (χ4v) is 0.443. The molecule has 0 saturated heterocycles. The molecule has 0 aromatic carbocycles. The second-order valence-electron chi connectivity index (χ2n) is 3.49. The van der Waals surface area contributed by atoms with Crippen molar-refractivity contribution < 1.29 is 9.47 Å². The van der Waals surface area contributed by atoms with Gasteiger partial charge in [0.15, 0.2) is 0 Å². The van der Waals surface area contributed by atoms with Crippen LogP contribution in [0.5, 0.6) is 0 Å². The van der Waals surface area contributed by atoms with Gasteiger partial charge in [0.2, 0.25) is 0 Å². The summed E-state index contributed by atoms with van der Waals surface area (Å²) < 4.78 is 9.95. The Morgan fingerprint density at radius 2 is 1.27 bits per heavy atom. The van der Waals surface area contributed by atoms with E-state index in [1.165, 1.54) is 0 Å². The summed E-state index contributed by atoms with van der Waals surface area (Å²) in [6.07, 6.45) is 0. The quantitative estimate of drug-likeness (QED) is 0.552. The van der Waals surface area contributed by atoms with Crippen molar-refractivity contribution in [3.05, 3.63) is 6.79 Å². The van der Waals surface area contributed by atoms with E-state index in [1.54, 1.807) is 0 Å². The van der Waals surface area contributed by atoms with Gasteiger partial charge in [-0.2, -0.15) is 0 Å². The first-order valence-corrected chi connectivity index (χ1v) is 4.11. The molecule has 0 rings (SSSR count). The third-order valence-electron chi connectivity index (χ3n) is 0.951. The fraction of sp³-hybridized carbons (Fsp3) is 0.889. The summed E-state index contributed by atoms with van der Waals surface area (Å²) in [4.78, 5) is 0. The molecule has 0 saturated carbocycles. The molecular formula is C9H18O2. The van der Waals surface area contributed by atoms with Crippen LogP contribution in [-0.4, -0.2) is 13.2 Å². The van der Waals surface area contributed by atoms with Crippen molar-refractivity contribution in [1.82, 2.24) is 0 Å². The molecule has 2 radical (unpaired) electrons. The lowest BCUT2D eigenvalue weighted by atomic mass is 10.2. The molecule has 0 atom stereocenters. The minimum absolute atomic E-state index is 0.533. The molecule has 66 valence electrons. The Bertz CT molecular complexity index is 69.6. The van der Waals surface area contributed by atoms with Crippen molar-refractivity contribution in [3.8, 4) is 0 Å². The zero-order valence-electron chi connectivity index (χ0n) is 7.89. The van der Waals surface area contributed by atoms with Crippen LogP contribution in [0, 0.1) is 18.6 Å². The van der Waals surface area contributed by atoms with Crippen molar-refractivity contribution >= 4 is 0 Å². The van der Waals surface area contributed by atoms with Crippen molar-refractivity contribution in [2.75, 3.05) is 13.2 Å². The van der Waals surface area contributed by atoms with Gasteiger partial charge in [0.1, 0.15) is 0 Å². The summed E-state index contributed by atoms with van der Waals surface area (Å²) in [5.74, 6) is 1.07. The Morgan fingerprint density at radius 1 is 0.909 bits per heavy atom. The Kier molecular flexibility index (Phi) is 6.57. The highest BCUT2D eigenvalue weighted by Gasteiger charge is 1.97. The van der Waals surface area contributed by atoms with Crippen molar-refractivity contribution in [3.63, 3.8) is 0 Å². The molecular weight excluding hydrogens is 140 g/mol. The Labute approximate surface area is 69.9 Å². The highest BCUT2D eigenvalue weighted by molar-refractivity contribution is 4.43. The molecule has 0 bridgehead atoms. The first kappa shape index (κ1) is 10.9. The second-order valence-corrected chi connectivity index (χ2v) is 3.49. The molecule has 0 unspecified atom stereocenters. The summed E-state index contributed by atoms with van der Waals surface area (Å²) in [5, 5.41) is 0. The van der Waals surface area contributed by atoms with E-state index in [0.29, 0.717) is 25.0 Å². The van der Waals surface area contributed by atoms with Crippen molar-refractivity contribution in [2.24, 2.45) is 11.8 Å². The highest BCUT2D eigenvalue weighted by atomic mass is 16.7. The number of rotatable bonds is 6. The average molecular weight is 158 g/mol. The normalized spacial score (nSPS) is 11.5. The largest absolute Gasteiger partial charge is 0.341 e. The van der Waals surface area contributed by atoms with Crippen LogP contribution >= 0.6 is 0 Å². The van der Waals surface area contributed by atoms with E-state index >= 15 is 0 Å². The van der Waals surface area contributed by atoms with Crippen LogP contribution in [0.1, 0.15) is 27.7 Å². The number of hydrogen-bond acceptors (Lipinski definition) is 2. The van der Waals surface area contributed by atoms with Crippen LogP contribution in [-0.2, 0) is 9.47 Å². The molecule has 2 nitrogen and oxygen atoms in total. The molecule has 2 heteroatoms.